The first-order valence-corrected chi connectivity index (χ1v) is 6.59. The number of anilines is 1. The lowest BCUT2D eigenvalue weighted by atomic mass is 10.3. The maximum absolute atomic E-state index is 11.5. The van der Waals surface area contributed by atoms with Gasteiger partial charge in [0.25, 0.3) is 0 Å². The number of rotatable bonds is 9. The first-order valence-electron chi connectivity index (χ1n) is 6.59. The van der Waals surface area contributed by atoms with Crippen LogP contribution in [-0.4, -0.2) is 49.6 Å². The van der Waals surface area contributed by atoms with Crippen LogP contribution in [0.25, 0.3) is 0 Å². The summed E-state index contributed by atoms with van der Waals surface area (Å²) in [5.74, 6) is 0.560. The monoisotopic (exact) mass is 285 g/mol. The van der Waals surface area contributed by atoms with Crippen LogP contribution in [0.1, 0.15) is 29.2 Å². The fourth-order valence-electron chi connectivity index (χ4n) is 1.83. The minimum absolute atomic E-state index is 0.182. The zero-order valence-electron chi connectivity index (χ0n) is 12.3. The van der Waals surface area contributed by atoms with E-state index in [4.69, 9.17) is 15.2 Å². The molecule has 0 atom stereocenters. The number of hydrogen-bond acceptors (Lipinski definition) is 6. The number of nitrogens with two attached hydrogens (primary N) is 1. The van der Waals surface area contributed by atoms with Gasteiger partial charge in [0.1, 0.15) is 11.6 Å². The van der Waals surface area contributed by atoms with Crippen molar-refractivity contribution in [1.29, 1.82) is 0 Å². The van der Waals surface area contributed by atoms with Crippen LogP contribution in [0.3, 0.4) is 0 Å². The van der Waals surface area contributed by atoms with Crippen molar-refractivity contribution in [3.05, 3.63) is 11.5 Å². The van der Waals surface area contributed by atoms with Gasteiger partial charge in [-0.3, -0.25) is 0 Å². The number of aryl methyl sites for hydroxylation is 1. The van der Waals surface area contributed by atoms with Crippen LogP contribution in [0, 0.1) is 6.92 Å². The van der Waals surface area contributed by atoms with E-state index in [-0.39, 0.29) is 5.69 Å². The molecule has 0 spiro atoms. The van der Waals surface area contributed by atoms with Crippen molar-refractivity contribution in [2.75, 3.05) is 39.8 Å². The quantitative estimate of drug-likeness (QED) is 0.538. The lowest BCUT2D eigenvalue weighted by Gasteiger charge is -2.08. The second-order valence-corrected chi connectivity index (χ2v) is 4.35. The Kier molecular flexibility index (Phi) is 7.03. The van der Waals surface area contributed by atoms with Gasteiger partial charge >= 0.3 is 5.97 Å². The van der Waals surface area contributed by atoms with Gasteiger partial charge in [0.2, 0.25) is 0 Å². The summed E-state index contributed by atoms with van der Waals surface area (Å²) in [5.41, 5.74) is 6.09. The third-order valence-electron chi connectivity index (χ3n) is 2.93. The number of hydrogen-bond donors (Lipinski definition) is 1. The number of unbranched alkanes of at least 4 members (excludes halogenated alkanes) is 1. The number of nitrogen functional groups attached to an aromatic ring is 1. The molecule has 7 nitrogen and oxygen atoms in total. The van der Waals surface area contributed by atoms with E-state index in [1.807, 2.05) is 11.5 Å². The summed E-state index contributed by atoms with van der Waals surface area (Å²) < 4.78 is 16.7. The van der Waals surface area contributed by atoms with Crippen LogP contribution in [-0.2, 0) is 20.8 Å². The highest BCUT2D eigenvalue weighted by Crippen LogP contribution is 2.16. The second kappa shape index (κ2) is 8.55. The van der Waals surface area contributed by atoms with Crippen molar-refractivity contribution < 1.29 is 19.0 Å². The molecule has 0 saturated heterocycles. The van der Waals surface area contributed by atoms with E-state index in [2.05, 4.69) is 9.72 Å². The number of methoxy groups -OCH3 is 2. The number of esters is 1. The van der Waals surface area contributed by atoms with Crippen molar-refractivity contribution in [2.45, 2.75) is 26.3 Å². The predicted octanol–water partition coefficient (Wildman–Crippen LogP) is 1.00. The second-order valence-electron chi connectivity index (χ2n) is 4.35. The van der Waals surface area contributed by atoms with Gasteiger partial charge in [0.15, 0.2) is 5.69 Å². The van der Waals surface area contributed by atoms with Gasteiger partial charge in [-0.2, -0.15) is 0 Å². The summed E-state index contributed by atoms with van der Waals surface area (Å²) in [6.07, 6.45) is 1.81. The van der Waals surface area contributed by atoms with Crippen LogP contribution in [0.15, 0.2) is 0 Å². The van der Waals surface area contributed by atoms with E-state index in [0.29, 0.717) is 38.0 Å². The van der Waals surface area contributed by atoms with E-state index in [0.717, 1.165) is 12.8 Å². The normalized spacial score (nSPS) is 10.8. The third kappa shape index (κ3) is 4.50. The molecule has 1 rings (SSSR count). The van der Waals surface area contributed by atoms with Gasteiger partial charge in [0.05, 0.1) is 20.3 Å². The standard InChI is InChI=1S/C13H23N3O4/c1-10-15-11(13(17)19-3)12(14)16(10)6-4-5-7-20-9-8-18-2/h4-9,14H2,1-3H3. The summed E-state index contributed by atoms with van der Waals surface area (Å²) in [7, 11) is 2.96. The Morgan fingerprint density at radius 1 is 1.25 bits per heavy atom. The minimum atomic E-state index is -0.507. The smallest absolute Gasteiger partial charge is 0.360 e. The van der Waals surface area contributed by atoms with E-state index in [9.17, 15) is 4.79 Å². The maximum atomic E-state index is 11.5. The summed E-state index contributed by atoms with van der Waals surface area (Å²) in [6, 6.07) is 0. The first-order chi connectivity index (χ1) is 9.61. The lowest BCUT2D eigenvalue weighted by Crippen LogP contribution is -2.10. The van der Waals surface area contributed by atoms with Gasteiger partial charge in [-0.15, -0.1) is 0 Å². The first kappa shape index (κ1) is 16.5. The Morgan fingerprint density at radius 3 is 2.65 bits per heavy atom. The molecule has 7 heteroatoms. The zero-order chi connectivity index (χ0) is 15.0. The average Bonchev–Trinajstić information content (AvgIpc) is 2.73. The topological polar surface area (TPSA) is 88.6 Å². The molecule has 1 aromatic rings. The summed E-state index contributed by atoms with van der Waals surface area (Å²) in [4.78, 5) is 15.6. The van der Waals surface area contributed by atoms with Gasteiger partial charge in [-0.1, -0.05) is 0 Å². The summed E-state index contributed by atoms with van der Waals surface area (Å²) in [6.45, 7) is 4.42. The molecule has 0 aliphatic carbocycles. The fraction of sp³-hybridized carbons (Fsp3) is 0.692. The molecule has 0 aliphatic heterocycles. The Morgan fingerprint density at radius 2 is 2.00 bits per heavy atom. The Hall–Kier alpha value is -1.60. The average molecular weight is 285 g/mol. The highest BCUT2D eigenvalue weighted by atomic mass is 16.5. The molecule has 0 saturated carbocycles. The molecule has 20 heavy (non-hydrogen) atoms. The van der Waals surface area contributed by atoms with Crippen LogP contribution in [0.5, 0.6) is 0 Å². The molecule has 1 aromatic heterocycles. The zero-order valence-corrected chi connectivity index (χ0v) is 12.3. The molecule has 114 valence electrons. The molecule has 0 bridgehead atoms. The largest absolute Gasteiger partial charge is 0.464 e. The van der Waals surface area contributed by atoms with Crippen LogP contribution < -0.4 is 5.73 Å². The molecule has 0 unspecified atom stereocenters. The van der Waals surface area contributed by atoms with E-state index in [1.54, 1.807) is 7.11 Å². The molecule has 0 fully saturated rings. The molecule has 0 amide bonds. The fourth-order valence-corrected chi connectivity index (χ4v) is 1.83. The van der Waals surface area contributed by atoms with E-state index in [1.165, 1.54) is 7.11 Å². The van der Waals surface area contributed by atoms with E-state index < -0.39 is 5.97 Å². The molecular weight excluding hydrogens is 262 g/mol. The number of imidazole rings is 1. The Bertz CT molecular complexity index is 431. The predicted molar refractivity (Wildman–Crippen MR) is 74.6 cm³/mol. The van der Waals surface area contributed by atoms with Gasteiger partial charge in [-0.25, -0.2) is 9.78 Å². The van der Waals surface area contributed by atoms with Crippen molar-refractivity contribution in [2.24, 2.45) is 0 Å². The summed E-state index contributed by atoms with van der Waals surface area (Å²) in [5, 5.41) is 0. The molecular formula is C13H23N3O4. The van der Waals surface area contributed by atoms with E-state index >= 15 is 0 Å². The van der Waals surface area contributed by atoms with Gasteiger partial charge in [0, 0.05) is 20.3 Å². The SMILES string of the molecule is COCCOCCCCn1c(C)nc(C(=O)OC)c1N. The number of nitrogens with zero attached hydrogens (tertiary/aromatic N) is 2. The van der Waals surface area contributed by atoms with Crippen LogP contribution in [0.4, 0.5) is 5.82 Å². The van der Waals surface area contributed by atoms with Crippen LogP contribution >= 0.6 is 0 Å². The van der Waals surface area contributed by atoms with Crippen molar-refractivity contribution in [3.8, 4) is 0 Å². The van der Waals surface area contributed by atoms with Crippen molar-refractivity contribution >= 4 is 11.8 Å². The minimum Gasteiger partial charge on any atom is -0.464 e. The number of ether oxygens (including phenoxy) is 3. The van der Waals surface area contributed by atoms with Crippen molar-refractivity contribution in [1.82, 2.24) is 9.55 Å². The maximum Gasteiger partial charge on any atom is 0.360 e. The highest BCUT2D eigenvalue weighted by molar-refractivity contribution is 5.92. The molecule has 0 aliphatic rings. The number of carbonyl (C=O) groups excluding carboxylic acids is 1. The van der Waals surface area contributed by atoms with Crippen LogP contribution in [0.2, 0.25) is 0 Å². The number of aromatic nitrogens is 2. The molecule has 2 N–H and O–H groups in total. The summed E-state index contributed by atoms with van der Waals surface area (Å²) >= 11 is 0. The molecule has 1 heterocycles. The molecule has 0 aromatic carbocycles. The third-order valence-corrected chi connectivity index (χ3v) is 2.93. The van der Waals surface area contributed by atoms with Crippen molar-refractivity contribution in [3.63, 3.8) is 0 Å². The molecule has 0 radical (unpaired) electrons. The highest BCUT2D eigenvalue weighted by Gasteiger charge is 2.18. The number of carbonyl (C=O) groups is 1. The van der Waals surface area contributed by atoms with Gasteiger partial charge < -0.3 is 24.5 Å². The Labute approximate surface area is 119 Å². The van der Waals surface area contributed by atoms with Gasteiger partial charge in [-0.05, 0) is 19.8 Å². The lowest BCUT2D eigenvalue weighted by molar-refractivity contribution is 0.0595. The Balaban J connectivity index is 2.40.